The van der Waals surface area contributed by atoms with Crippen molar-refractivity contribution in [3.63, 3.8) is 0 Å². The summed E-state index contributed by atoms with van der Waals surface area (Å²) in [5.41, 5.74) is 7.02. The molecule has 31 heavy (non-hydrogen) atoms. The number of carbonyl (C=O) groups excluding carboxylic acids is 3. The predicted octanol–water partition coefficient (Wildman–Crippen LogP) is 1.73. The molecule has 2 aliphatic rings. The number of rotatable bonds is 6. The Bertz CT molecular complexity index is 961. The van der Waals surface area contributed by atoms with Gasteiger partial charge in [-0.1, -0.05) is 36.5 Å². The fraction of sp³-hybridized carbons (Fsp3) is 0.455. The van der Waals surface area contributed by atoms with Crippen molar-refractivity contribution in [2.24, 2.45) is 17.1 Å². The van der Waals surface area contributed by atoms with E-state index in [1.54, 1.807) is 52.0 Å². The number of benzene rings is 1. The van der Waals surface area contributed by atoms with Gasteiger partial charge in [0, 0.05) is 5.56 Å². The summed E-state index contributed by atoms with van der Waals surface area (Å²) in [5.74, 6) is -2.21. The molecular formula is C22H26N2O6S. The van der Waals surface area contributed by atoms with Gasteiger partial charge in [-0.05, 0) is 45.3 Å². The molecule has 1 saturated heterocycles. The lowest BCUT2D eigenvalue weighted by molar-refractivity contribution is -0.175. The molecule has 1 aromatic carbocycles. The summed E-state index contributed by atoms with van der Waals surface area (Å²) >= 11 is 4.98. The highest BCUT2D eigenvalue weighted by Gasteiger charge is 2.57. The number of aliphatic hydroxyl groups is 1. The molecule has 1 aromatic rings. The molecule has 0 aromatic heterocycles. The highest BCUT2D eigenvalue weighted by Crippen LogP contribution is 2.47. The van der Waals surface area contributed by atoms with Gasteiger partial charge >= 0.3 is 11.9 Å². The average Bonchev–Trinajstić information content (AvgIpc) is 3.01. The Morgan fingerprint density at radius 1 is 1.26 bits per heavy atom. The highest BCUT2D eigenvalue weighted by atomic mass is 32.1. The van der Waals surface area contributed by atoms with Crippen LogP contribution in [-0.4, -0.2) is 51.8 Å². The van der Waals surface area contributed by atoms with Crippen LogP contribution in [0, 0.1) is 11.3 Å². The quantitative estimate of drug-likeness (QED) is 0.294. The van der Waals surface area contributed by atoms with Gasteiger partial charge in [-0.15, -0.1) is 0 Å². The van der Waals surface area contributed by atoms with Crippen molar-refractivity contribution < 1.29 is 29.0 Å². The van der Waals surface area contributed by atoms with Crippen LogP contribution in [0.1, 0.15) is 45.2 Å². The Kier molecular flexibility index (Phi) is 6.20. The van der Waals surface area contributed by atoms with Crippen molar-refractivity contribution in [3.05, 3.63) is 41.1 Å². The SMILES string of the molecule is CC(O)C1C(=O)N2C(C(=O)OCOC(=O)C(C)(C)C)=C(c3ccc(C(N)=S)cc3)CC12. The minimum atomic E-state index is -0.838. The van der Waals surface area contributed by atoms with Crippen LogP contribution in [-0.2, 0) is 23.9 Å². The fourth-order valence-corrected chi connectivity index (χ4v) is 3.91. The summed E-state index contributed by atoms with van der Waals surface area (Å²) in [6.07, 6.45) is -0.449. The molecule has 8 nitrogen and oxygen atoms in total. The molecule has 3 unspecified atom stereocenters. The van der Waals surface area contributed by atoms with E-state index < -0.39 is 36.2 Å². The van der Waals surface area contributed by atoms with Crippen LogP contribution in [0.15, 0.2) is 30.0 Å². The molecule has 3 rings (SSSR count). The van der Waals surface area contributed by atoms with Crippen LogP contribution in [0.3, 0.4) is 0 Å². The average molecular weight is 447 g/mol. The maximum Gasteiger partial charge on any atom is 0.358 e. The Morgan fingerprint density at radius 2 is 1.87 bits per heavy atom. The Balaban J connectivity index is 1.86. The molecule has 0 radical (unpaired) electrons. The summed E-state index contributed by atoms with van der Waals surface area (Å²) in [4.78, 5) is 39.0. The normalized spacial score (nSPS) is 21.3. The molecular weight excluding hydrogens is 420 g/mol. The van der Waals surface area contributed by atoms with Gasteiger partial charge in [-0.2, -0.15) is 0 Å². The third-order valence-electron chi connectivity index (χ3n) is 5.43. The molecule has 3 N–H and O–H groups in total. The van der Waals surface area contributed by atoms with Crippen LogP contribution in [0.5, 0.6) is 0 Å². The van der Waals surface area contributed by atoms with Gasteiger partial charge in [0.05, 0.1) is 23.5 Å². The van der Waals surface area contributed by atoms with E-state index in [9.17, 15) is 19.5 Å². The minimum absolute atomic E-state index is 0.0989. The Morgan fingerprint density at radius 3 is 2.39 bits per heavy atom. The lowest BCUT2D eigenvalue weighted by Gasteiger charge is -2.44. The van der Waals surface area contributed by atoms with Gasteiger partial charge < -0.3 is 25.2 Å². The predicted molar refractivity (Wildman–Crippen MR) is 116 cm³/mol. The monoisotopic (exact) mass is 446 g/mol. The second kappa shape index (κ2) is 8.39. The number of nitrogens with zero attached hydrogens (tertiary/aromatic N) is 1. The topological polar surface area (TPSA) is 119 Å². The standard InChI is InChI=1S/C22H26N2O6S/c1-11(25)16-15-9-14(12-5-7-13(8-6-12)18(23)31)17(24(15)19(16)26)20(27)29-10-30-21(28)22(2,3)4/h5-8,11,15-16,25H,9-10H2,1-4H3,(H2,23,31). The van der Waals surface area contributed by atoms with E-state index >= 15 is 0 Å². The largest absolute Gasteiger partial charge is 0.427 e. The molecule has 0 spiro atoms. The van der Waals surface area contributed by atoms with E-state index in [2.05, 4.69) is 0 Å². The summed E-state index contributed by atoms with van der Waals surface area (Å²) < 4.78 is 10.2. The lowest BCUT2D eigenvalue weighted by Crippen LogP contribution is -2.61. The van der Waals surface area contributed by atoms with E-state index in [-0.39, 0.29) is 22.6 Å². The number of fused-ring (bicyclic) bond motifs is 1. The first kappa shape index (κ1) is 22.9. The van der Waals surface area contributed by atoms with Gasteiger partial charge in [0.15, 0.2) is 0 Å². The molecule has 2 aliphatic heterocycles. The second-order valence-corrected chi connectivity index (χ2v) is 9.19. The molecule has 1 fully saturated rings. The Labute approximate surface area is 186 Å². The summed E-state index contributed by atoms with van der Waals surface area (Å²) in [5, 5.41) is 9.98. The number of nitrogens with two attached hydrogens (primary N) is 1. The number of hydrogen-bond acceptors (Lipinski definition) is 7. The zero-order chi connectivity index (χ0) is 23.1. The van der Waals surface area contributed by atoms with Crippen LogP contribution in [0.25, 0.3) is 5.57 Å². The van der Waals surface area contributed by atoms with E-state index in [1.165, 1.54) is 4.90 Å². The zero-order valence-electron chi connectivity index (χ0n) is 17.9. The van der Waals surface area contributed by atoms with E-state index in [0.717, 1.165) is 0 Å². The first-order chi connectivity index (χ1) is 14.4. The van der Waals surface area contributed by atoms with Crippen molar-refractivity contribution in [1.29, 1.82) is 0 Å². The maximum atomic E-state index is 12.9. The van der Waals surface area contributed by atoms with Crippen LogP contribution >= 0.6 is 12.2 Å². The highest BCUT2D eigenvalue weighted by molar-refractivity contribution is 7.80. The summed E-state index contributed by atoms with van der Waals surface area (Å²) in [7, 11) is 0. The van der Waals surface area contributed by atoms with Crippen molar-refractivity contribution in [3.8, 4) is 0 Å². The molecule has 2 heterocycles. The number of β-lactam (4-membered cyclic amide) rings is 1. The first-order valence-electron chi connectivity index (χ1n) is 9.92. The fourth-order valence-electron chi connectivity index (χ4n) is 3.77. The molecule has 1 amide bonds. The molecule has 0 saturated carbocycles. The molecule has 0 bridgehead atoms. The first-order valence-corrected chi connectivity index (χ1v) is 10.3. The van der Waals surface area contributed by atoms with Crippen molar-refractivity contribution in [1.82, 2.24) is 4.90 Å². The third kappa shape index (κ3) is 4.33. The molecule has 166 valence electrons. The minimum Gasteiger partial charge on any atom is -0.427 e. The van der Waals surface area contributed by atoms with Gasteiger partial charge in [-0.25, -0.2) is 4.79 Å². The Hall–Kier alpha value is -2.78. The second-order valence-electron chi connectivity index (χ2n) is 8.75. The lowest BCUT2D eigenvalue weighted by atomic mass is 9.82. The van der Waals surface area contributed by atoms with Crippen molar-refractivity contribution >= 4 is 40.6 Å². The van der Waals surface area contributed by atoms with Crippen molar-refractivity contribution in [2.45, 2.75) is 46.3 Å². The number of aliphatic hydroxyl groups excluding tert-OH is 1. The zero-order valence-corrected chi connectivity index (χ0v) is 18.7. The number of esters is 2. The summed E-state index contributed by atoms with van der Waals surface area (Å²) in [6, 6.07) is 6.68. The van der Waals surface area contributed by atoms with Crippen LogP contribution < -0.4 is 5.73 Å². The number of ether oxygens (including phenoxy) is 2. The van der Waals surface area contributed by atoms with Gasteiger partial charge in [-0.3, -0.25) is 9.59 Å². The molecule has 0 aliphatic carbocycles. The van der Waals surface area contributed by atoms with Crippen molar-refractivity contribution in [2.75, 3.05) is 6.79 Å². The van der Waals surface area contributed by atoms with E-state index in [0.29, 0.717) is 23.1 Å². The van der Waals surface area contributed by atoms with Gasteiger partial charge in [0.2, 0.25) is 12.7 Å². The van der Waals surface area contributed by atoms with Gasteiger partial charge in [0.25, 0.3) is 0 Å². The van der Waals surface area contributed by atoms with E-state index in [4.69, 9.17) is 27.4 Å². The molecule has 9 heteroatoms. The number of carbonyl (C=O) groups is 3. The van der Waals surface area contributed by atoms with E-state index in [1.807, 2.05) is 0 Å². The smallest absolute Gasteiger partial charge is 0.358 e. The molecule has 3 atom stereocenters. The number of hydrogen-bond donors (Lipinski definition) is 2. The third-order valence-corrected chi connectivity index (χ3v) is 5.67. The number of amides is 1. The van der Waals surface area contributed by atoms with Crippen LogP contribution in [0.4, 0.5) is 0 Å². The van der Waals surface area contributed by atoms with Gasteiger partial charge in [0.1, 0.15) is 10.7 Å². The summed E-state index contributed by atoms with van der Waals surface area (Å²) in [6.45, 7) is 6.05. The van der Waals surface area contributed by atoms with Crippen LogP contribution in [0.2, 0.25) is 0 Å². The maximum absolute atomic E-state index is 12.9. The number of thiocarbonyl (C=S) groups is 1.